The quantitative estimate of drug-likeness (QED) is 0.690. The number of hydrogen-bond acceptors (Lipinski definition) is 5. The standard InChI is InChI=1S/C24H40N4O3/c1-17(2)21(26-23(30)31-24(5,6)7)16-25-22(29)19-8-10-20(11-9-19)28-14-12-27(13-15-28)18(3)4/h8-11,17-18,21H,12-16H2,1-7H3,(H,25,29)(H,26,30). The van der Waals surface area contributed by atoms with E-state index in [1.807, 2.05) is 58.9 Å². The van der Waals surface area contributed by atoms with Crippen molar-refractivity contribution >= 4 is 17.7 Å². The Balaban J connectivity index is 1.88. The normalized spacial score (nSPS) is 16.4. The number of anilines is 1. The van der Waals surface area contributed by atoms with Crippen LogP contribution in [0.3, 0.4) is 0 Å². The van der Waals surface area contributed by atoms with Gasteiger partial charge in [-0.3, -0.25) is 9.69 Å². The van der Waals surface area contributed by atoms with Crippen molar-refractivity contribution in [2.45, 2.75) is 66.2 Å². The number of carbonyl (C=O) groups is 2. The molecule has 1 saturated heterocycles. The molecule has 2 amide bonds. The monoisotopic (exact) mass is 432 g/mol. The lowest BCUT2D eigenvalue weighted by molar-refractivity contribution is 0.0487. The van der Waals surface area contributed by atoms with Crippen LogP contribution in [-0.2, 0) is 4.74 Å². The molecule has 31 heavy (non-hydrogen) atoms. The summed E-state index contributed by atoms with van der Waals surface area (Å²) in [7, 11) is 0. The predicted molar refractivity (Wildman–Crippen MR) is 126 cm³/mol. The van der Waals surface area contributed by atoms with Crippen LogP contribution >= 0.6 is 0 Å². The Labute approximate surface area is 187 Å². The zero-order valence-corrected chi connectivity index (χ0v) is 20.2. The topological polar surface area (TPSA) is 73.9 Å². The van der Waals surface area contributed by atoms with Gasteiger partial charge in [-0.25, -0.2) is 4.79 Å². The second-order valence-electron chi connectivity index (χ2n) is 9.87. The molecule has 1 unspecified atom stereocenters. The molecule has 1 aromatic rings. The van der Waals surface area contributed by atoms with Crippen LogP contribution in [0.15, 0.2) is 24.3 Å². The van der Waals surface area contributed by atoms with Crippen LogP contribution in [0.1, 0.15) is 58.8 Å². The highest BCUT2D eigenvalue weighted by molar-refractivity contribution is 5.94. The van der Waals surface area contributed by atoms with Crippen molar-refractivity contribution in [1.29, 1.82) is 0 Å². The minimum Gasteiger partial charge on any atom is -0.444 e. The third kappa shape index (κ3) is 8.05. The maximum Gasteiger partial charge on any atom is 0.407 e. The van der Waals surface area contributed by atoms with E-state index in [-0.39, 0.29) is 17.9 Å². The molecule has 1 fully saturated rings. The summed E-state index contributed by atoms with van der Waals surface area (Å²) in [4.78, 5) is 29.5. The average molecular weight is 433 g/mol. The maximum atomic E-state index is 12.6. The Morgan fingerprint density at radius 3 is 2.06 bits per heavy atom. The lowest BCUT2D eigenvalue weighted by Gasteiger charge is -2.38. The molecule has 0 aromatic heterocycles. The number of hydrogen-bond donors (Lipinski definition) is 2. The maximum absolute atomic E-state index is 12.6. The molecule has 2 rings (SSSR count). The molecule has 174 valence electrons. The second-order valence-corrected chi connectivity index (χ2v) is 9.87. The van der Waals surface area contributed by atoms with Gasteiger partial charge in [0.25, 0.3) is 5.91 Å². The first-order valence-corrected chi connectivity index (χ1v) is 11.3. The molecule has 1 heterocycles. The van der Waals surface area contributed by atoms with E-state index in [0.717, 1.165) is 31.9 Å². The summed E-state index contributed by atoms with van der Waals surface area (Å²) in [5.41, 5.74) is 1.20. The molecule has 1 aliphatic rings. The first-order chi connectivity index (χ1) is 14.5. The van der Waals surface area contributed by atoms with Gasteiger partial charge in [0.05, 0.1) is 6.04 Å². The summed E-state index contributed by atoms with van der Waals surface area (Å²) < 4.78 is 5.33. The molecule has 0 bridgehead atoms. The fraction of sp³-hybridized carbons (Fsp3) is 0.667. The summed E-state index contributed by atoms with van der Waals surface area (Å²) in [6, 6.07) is 8.12. The van der Waals surface area contributed by atoms with E-state index in [1.54, 1.807) is 0 Å². The van der Waals surface area contributed by atoms with Crippen molar-refractivity contribution in [2.24, 2.45) is 5.92 Å². The van der Waals surface area contributed by atoms with Gasteiger partial charge in [0, 0.05) is 50.0 Å². The highest BCUT2D eigenvalue weighted by atomic mass is 16.6. The molecule has 1 aromatic carbocycles. The van der Waals surface area contributed by atoms with Gasteiger partial charge in [0.1, 0.15) is 5.60 Å². The van der Waals surface area contributed by atoms with Crippen molar-refractivity contribution in [3.05, 3.63) is 29.8 Å². The fourth-order valence-electron chi connectivity index (χ4n) is 3.54. The zero-order chi connectivity index (χ0) is 23.2. The van der Waals surface area contributed by atoms with Crippen LogP contribution in [0.2, 0.25) is 0 Å². The fourth-order valence-corrected chi connectivity index (χ4v) is 3.54. The number of alkyl carbamates (subject to hydrolysis) is 1. The average Bonchev–Trinajstić information content (AvgIpc) is 2.69. The van der Waals surface area contributed by atoms with Gasteiger partial charge < -0.3 is 20.3 Å². The van der Waals surface area contributed by atoms with Crippen LogP contribution < -0.4 is 15.5 Å². The molecule has 0 radical (unpaired) electrons. The van der Waals surface area contributed by atoms with Crippen molar-refractivity contribution in [1.82, 2.24) is 15.5 Å². The summed E-state index contributed by atoms with van der Waals surface area (Å²) in [5.74, 6) is 0.00696. The third-order valence-electron chi connectivity index (χ3n) is 5.53. The van der Waals surface area contributed by atoms with Gasteiger partial charge in [-0.05, 0) is 64.8 Å². The van der Waals surface area contributed by atoms with Gasteiger partial charge in [-0.15, -0.1) is 0 Å². The Morgan fingerprint density at radius 1 is 1.00 bits per heavy atom. The molecular weight excluding hydrogens is 392 g/mol. The van der Waals surface area contributed by atoms with Crippen LogP contribution in [0, 0.1) is 5.92 Å². The van der Waals surface area contributed by atoms with Crippen LogP contribution in [-0.4, -0.2) is 67.3 Å². The minimum atomic E-state index is -0.558. The number of benzene rings is 1. The lowest BCUT2D eigenvalue weighted by Crippen LogP contribution is -2.49. The second kappa shape index (κ2) is 10.8. The van der Waals surface area contributed by atoms with Crippen LogP contribution in [0.5, 0.6) is 0 Å². The van der Waals surface area contributed by atoms with E-state index in [4.69, 9.17) is 4.74 Å². The summed E-state index contributed by atoms with van der Waals surface area (Å²) in [6.07, 6.45) is -0.470. The zero-order valence-electron chi connectivity index (χ0n) is 20.2. The highest BCUT2D eigenvalue weighted by Crippen LogP contribution is 2.18. The van der Waals surface area contributed by atoms with Gasteiger partial charge in [-0.2, -0.15) is 0 Å². The number of piperazine rings is 1. The van der Waals surface area contributed by atoms with E-state index in [9.17, 15) is 9.59 Å². The number of ether oxygens (including phenoxy) is 1. The van der Waals surface area contributed by atoms with Crippen LogP contribution in [0.25, 0.3) is 0 Å². The highest BCUT2D eigenvalue weighted by Gasteiger charge is 2.22. The van der Waals surface area contributed by atoms with E-state index in [1.165, 1.54) is 0 Å². The molecule has 7 nitrogen and oxygen atoms in total. The van der Waals surface area contributed by atoms with Crippen molar-refractivity contribution in [2.75, 3.05) is 37.6 Å². The molecule has 7 heteroatoms. The number of nitrogens with zero attached hydrogens (tertiary/aromatic N) is 2. The molecule has 2 N–H and O–H groups in total. The predicted octanol–water partition coefficient (Wildman–Crippen LogP) is 3.50. The van der Waals surface area contributed by atoms with Gasteiger partial charge in [-0.1, -0.05) is 13.8 Å². The molecule has 0 saturated carbocycles. The van der Waals surface area contributed by atoms with Crippen molar-refractivity contribution in [3.63, 3.8) is 0 Å². The number of carbonyl (C=O) groups excluding carboxylic acids is 2. The van der Waals surface area contributed by atoms with Gasteiger partial charge >= 0.3 is 6.09 Å². The SMILES string of the molecule is CC(C)C(CNC(=O)c1ccc(N2CCN(C(C)C)CC2)cc1)NC(=O)OC(C)(C)C. The molecule has 0 aliphatic carbocycles. The van der Waals surface area contributed by atoms with E-state index < -0.39 is 11.7 Å². The van der Waals surface area contributed by atoms with E-state index in [2.05, 4.69) is 34.3 Å². The Bertz CT molecular complexity index is 717. The van der Waals surface area contributed by atoms with Crippen LogP contribution in [0.4, 0.5) is 10.5 Å². The van der Waals surface area contributed by atoms with E-state index in [0.29, 0.717) is 18.2 Å². The Kier molecular flexibility index (Phi) is 8.74. The summed E-state index contributed by atoms with van der Waals surface area (Å²) in [5, 5.41) is 5.79. The van der Waals surface area contributed by atoms with Gasteiger partial charge in [0.15, 0.2) is 0 Å². The molecular formula is C24H40N4O3. The summed E-state index contributed by atoms with van der Waals surface area (Å²) >= 11 is 0. The largest absolute Gasteiger partial charge is 0.444 e. The van der Waals surface area contributed by atoms with E-state index >= 15 is 0 Å². The number of amides is 2. The number of nitrogens with one attached hydrogen (secondary N) is 2. The third-order valence-corrected chi connectivity index (χ3v) is 5.53. The Hall–Kier alpha value is -2.28. The molecule has 1 atom stereocenters. The molecule has 1 aliphatic heterocycles. The minimum absolute atomic E-state index is 0.146. The molecule has 0 spiro atoms. The van der Waals surface area contributed by atoms with Crippen molar-refractivity contribution < 1.29 is 14.3 Å². The van der Waals surface area contributed by atoms with Gasteiger partial charge in [0.2, 0.25) is 0 Å². The first-order valence-electron chi connectivity index (χ1n) is 11.3. The lowest BCUT2D eigenvalue weighted by atomic mass is 10.0. The number of rotatable bonds is 7. The summed E-state index contributed by atoms with van der Waals surface area (Å²) in [6.45, 7) is 18.4. The first kappa shape index (κ1) is 25.0. The smallest absolute Gasteiger partial charge is 0.407 e. The Morgan fingerprint density at radius 2 is 1.58 bits per heavy atom. The van der Waals surface area contributed by atoms with Crippen molar-refractivity contribution in [3.8, 4) is 0 Å².